The van der Waals surface area contributed by atoms with Crippen molar-refractivity contribution in [2.24, 2.45) is 5.73 Å². The lowest BCUT2D eigenvalue weighted by atomic mass is 10.1. The van der Waals surface area contributed by atoms with Gasteiger partial charge in [0.1, 0.15) is 12.1 Å². The number of phosphoric ester groups is 1. The molecule has 0 aromatic heterocycles. The predicted molar refractivity (Wildman–Crippen MR) is 281 cm³/mol. The summed E-state index contributed by atoms with van der Waals surface area (Å²) in [5.41, 5.74) is 5.38. The van der Waals surface area contributed by atoms with Gasteiger partial charge in [0.25, 0.3) is 0 Å². The van der Waals surface area contributed by atoms with Gasteiger partial charge in [-0.1, -0.05) is 222 Å². The van der Waals surface area contributed by atoms with E-state index in [0.29, 0.717) is 13.0 Å². The van der Waals surface area contributed by atoms with Crippen molar-refractivity contribution in [2.45, 2.75) is 257 Å². The Morgan fingerprint density at radius 3 is 1.31 bits per heavy atom. The van der Waals surface area contributed by atoms with Crippen molar-refractivity contribution in [3.05, 3.63) is 60.8 Å². The summed E-state index contributed by atoms with van der Waals surface area (Å²) in [6.45, 7) is 3.79. The van der Waals surface area contributed by atoms with E-state index in [0.717, 1.165) is 64.2 Å². The van der Waals surface area contributed by atoms with Crippen LogP contribution in [-0.4, -0.2) is 60.5 Å². The molecule has 3 unspecified atom stereocenters. The fourth-order valence-corrected chi connectivity index (χ4v) is 8.37. The van der Waals surface area contributed by atoms with Crippen LogP contribution in [0.3, 0.4) is 0 Å². The first kappa shape index (κ1) is 64.7. The van der Waals surface area contributed by atoms with E-state index >= 15 is 0 Å². The van der Waals surface area contributed by atoms with Gasteiger partial charge in [0.05, 0.1) is 19.8 Å². The number of allylic oxidation sites excluding steroid dienone is 10. The average Bonchev–Trinajstić information content (AvgIpc) is 3.31. The minimum atomic E-state index is -4.63. The highest BCUT2D eigenvalue weighted by molar-refractivity contribution is 7.47. The van der Waals surface area contributed by atoms with Crippen LogP contribution in [-0.2, 0) is 32.7 Å². The Balaban J connectivity index is 4.10. The number of hydrogen-bond acceptors (Lipinski definition) is 8. The Morgan fingerprint density at radius 1 is 0.493 bits per heavy atom. The number of ether oxygens (including phenoxy) is 2. The monoisotopic (exact) mass is 964 g/mol. The lowest BCUT2D eigenvalue weighted by Crippen LogP contribution is -2.34. The largest absolute Gasteiger partial charge is 0.480 e. The van der Waals surface area contributed by atoms with Crippen LogP contribution in [0.5, 0.6) is 0 Å². The molecule has 0 amide bonds. The number of rotatable bonds is 52. The Kier molecular flexibility index (Phi) is 49.7. The molecule has 0 bridgehead atoms. The van der Waals surface area contributed by atoms with Gasteiger partial charge in [-0.05, 0) is 77.0 Å². The van der Waals surface area contributed by atoms with Gasteiger partial charge >= 0.3 is 19.8 Å². The topological polar surface area (TPSA) is 155 Å². The molecule has 0 saturated heterocycles. The third-order valence-corrected chi connectivity index (χ3v) is 12.7. The number of aliphatic carboxylic acids is 1. The summed E-state index contributed by atoms with van der Waals surface area (Å²) in [5.74, 6) is -1.78. The molecule has 11 heteroatoms. The molecule has 0 aromatic carbocycles. The molecule has 0 radical (unpaired) electrons. The minimum Gasteiger partial charge on any atom is -0.480 e. The van der Waals surface area contributed by atoms with Crippen molar-refractivity contribution < 1.29 is 42.7 Å². The van der Waals surface area contributed by atoms with Gasteiger partial charge in [0.15, 0.2) is 0 Å². The first-order valence-electron chi connectivity index (χ1n) is 27.3. The van der Waals surface area contributed by atoms with Crippen molar-refractivity contribution in [1.82, 2.24) is 0 Å². The molecule has 0 fully saturated rings. The van der Waals surface area contributed by atoms with Crippen LogP contribution in [0.2, 0.25) is 0 Å². The normalized spacial score (nSPS) is 14.1. The van der Waals surface area contributed by atoms with E-state index in [9.17, 15) is 19.0 Å². The van der Waals surface area contributed by atoms with Gasteiger partial charge in [0.2, 0.25) is 0 Å². The average molecular weight is 964 g/mol. The quantitative estimate of drug-likeness (QED) is 0.0232. The first-order valence-corrected chi connectivity index (χ1v) is 28.8. The van der Waals surface area contributed by atoms with Gasteiger partial charge in [0, 0.05) is 13.0 Å². The van der Waals surface area contributed by atoms with E-state index in [-0.39, 0.29) is 13.0 Å². The third kappa shape index (κ3) is 51.4. The molecule has 0 rings (SSSR count). The Bertz CT molecular complexity index is 1300. The number of unbranched alkanes of at least 4 members (excludes halogenated alkanes) is 28. The second-order valence-corrected chi connectivity index (χ2v) is 19.8. The third-order valence-electron chi connectivity index (χ3n) is 11.8. The van der Waals surface area contributed by atoms with E-state index in [4.69, 9.17) is 29.4 Å². The molecule has 0 saturated carbocycles. The Morgan fingerprint density at radius 2 is 0.866 bits per heavy atom. The number of carbonyl (C=O) groups is 2. The highest BCUT2D eigenvalue weighted by Gasteiger charge is 2.27. The molecular weight excluding hydrogens is 862 g/mol. The zero-order valence-electron chi connectivity index (χ0n) is 43.0. The van der Waals surface area contributed by atoms with Crippen LogP contribution in [0.1, 0.15) is 245 Å². The van der Waals surface area contributed by atoms with Crippen molar-refractivity contribution in [2.75, 3.05) is 26.4 Å². The molecule has 0 aliphatic heterocycles. The molecule has 390 valence electrons. The molecule has 0 aliphatic carbocycles. The van der Waals surface area contributed by atoms with Crippen LogP contribution in [0, 0.1) is 0 Å². The van der Waals surface area contributed by atoms with Crippen LogP contribution in [0.25, 0.3) is 0 Å². The van der Waals surface area contributed by atoms with Crippen molar-refractivity contribution in [3.63, 3.8) is 0 Å². The lowest BCUT2D eigenvalue weighted by molar-refractivity contribution is -0.154. The van der Waals surface area contributed by atoms with Gasteiger partial charge in [-0.15, -0.1) is 0 Å². The fraction of sp³-hybridized carbons (Fsp3) is 0.786. The summed E-state index contributed by atoms with van der Waals surface area (Å²) in [6, 6.07) is -1.48. The van der Waals surface area contributed by atoms with Crippen molar-refractivity contribution in [1.29, 1.82) is 0 Å². The van der Waals surface area contributed by atoms with Gasteiger partial charge in [-0.3, -0.25) is 18.6 Å². The Labute approximate surface area is 411 Å². The number of phosphoric acid groups is 1. The molecule has 0 aromatic rings. The summed E-state index contributed by atoms with van der Waals surface area (Å²) in [5, 5.41) is 8.94. The van der Waals surface area contributed by atoms with Gasteiger partial charge < -0.3 is 25.2 Å². The standard InChI is InChI=1S/C56H102NO9P/c1-3-5-7-9-11-13-15-17-19-21-23-25-26-27-29-31-33-35-37-39-41-43-45-47-49-63-50-53(51-64-67(61,62)65-52-54(57)56(59)60)66-55(58)48-46-44-42-40-38-36-34-32-30-28-24-22-20-18-16-14-12-10-8-6-4-2/h5,7,11,13,17,19,22-25,53-54H,3-4,6,8-10,12,14-16,18,20-21,26-52,57H2,1-2H3,(H,59,60)(H,61,62)/b7-5-,13-11-,19-17-,24-22-,25-23-. The maximum absolute atomic E-state index is 12.7. The maximum Gasteiger partial charge on any atom is 0.472 e. The first-order chi connectivity index (χ1) is 32.7. The minimum absolute atomic E-state index is 0.0133. The maximum atomic E-state index is 12.7. The van der Waals surface area contributed by atoms with E-state index in [1.807, 2.05) is 0 Å². The van der Waals surface area contributed by atoms with E-state index < -0.39 is 45.1 Å². The summed E-state index contributed by atoms with van der Waals surface area (Å²) in [4.78, 5) is 33.8. The zero-order valence-corrected chi connectivity index (χ0v) is 43.9. The number of hydrogen-bond donors (Lipinski definition) is 3. The molecular formula is C56H102NO9P. The molecule has 4 N–H and O–H groups in total. The van der Waals surface area contributed by atoms with E-state index in [1.54, 1.807) is 0 Å². The summed E-state index contributed by atoms with van der Waals surface area (Å²) in [6.07, 6.45) is 64.2. The smallest absolute Gasteiger partial charge is 0.472 e. The van der Waals surface area contributed by atoms with Crippen LogP contribution < -0.4 is 5.73 Å². The second-order valence-electron chi connectivity index (χ2n) is 18.3. The van der Waals surface area contributed by atoms with E-state index in [2.05, 4.69) is 74.6 Å². The van der Waals surface area contributed by atoms with Crippen molar-refractivity contribution in [3.8, 4) is 0 Å². The number of carbonyl (C=O) groups excluding carboxylic acids is 1. The molecule has 0 spiro atoms. The molecule has 67 heavy (non-hydrogen) atoms. The highest BCUT2D eigenvalue weighted by Crippen LogP contribution is 2.43. The summed E-state index contributed by atoms with van der Waals surface area (Å²) in [7, 11) is -4.63. The summed E-state index contributed by atoms with van der Waals surface area (Å²) >= 11 is 0. The number of nitrogens with two attached hydrogens (primary N) is 1. The number of carboxylic acid groups (broad SMARTS) is 1. The zero-order chi connectivity index (χ0) is 49.0. The van der Waals surface area contributed by atoms with Crippen LogP contribution >= 0.6 is 7.82 Å². The summed E-state index contributed by atoms with van der Waals surface area (Å²) < 4.78 is 33.6. The number of esters is 1. The molecule has 3 atom stereocenters. The number of carboxylic acids is 1. The van der Waals surface area contributed by atoms with Gasteiger partial charge in [-0.25, -0.2) is 4.57 Å². The van der Waals surface area contributed by atoms with Crippen molar-refractivity contribution >= 4 is 19.8 Å². The Hall–Kier alpha value is -2.33. The second kappa shape index (κ2) is 51.5. The fourth-order valence-electron chi connectivity index (χ4n) is 7.59. The van der Waals surface area contributed by atoms with Crippen LogP contribution in [0.4, 0.5) is 0 Å². The molecule has 0 heterocycles. The highest BCUT2D eigenvalue weighted by atomic mass is 31.2. The van der Waals surface area contributed by atoms with E-state index in [1.165, 1.54) is 154 Å². The lowest BCUT2D eigenvalue weighted by Gasteiger charge is -2.20. The molecule has 0 aliphatic rings. The van der Waals surface area contributed by atoms with Crippen LogP contribution in [0.15, 0.2) is 60.8 Å². The predicted octanol–water partition coefficient (Wildman–Crippen LogP) is 16.3. The van der Waals surface area contributed by atoms with Gasteiger partial charge in [-0.2, -0.15) is 0 Å². The SMILES string of the molecule is CC/C=C\C/C=C\C/C=C\C/C=C\CCCCCCCCCCCCCOCC(COP(=O)(O)OCC(N)C(=O)O)OC(=O)CCCCCCCCCCC/C=C\CCCCCCCCCC. The molecule has 10 nitrogen and oxygen atoms in total.